The van der Waals surface area contributed by atoms with Crippen LogP contribution >= 0.6 is 0 Å². The summed E-state index contributed by atoms with van der Waals surface area (Å²) in [7, 11) is 2.06. The molecule has 1 aliphatic rings. The molecular formula is C13H22N6O2. The highest BCUT2D eigenvalue weighted by Gasteiger charge is 2.28. The highest BCUT2D eigenvalue weighted by atomic mass is 16.6. The lowest BCUT2D eigenvalue weighted by Gasteiger charge is -2.37. The van der Waals surface area contributed by atoms with Gasteiger partial charge in [0.1, 0.15) is 6.20 Å². The lowest BCUT2D eigenvalue weighted by atomic mass is 10.2. The van der Waals surface area contributed by atoms with E-state index < -0.39 is 4.92 Å². The minimum atomic E-state index is -0.415. The lowest BCUT2D eigenvalue weighted by molar-refractivity contribution is -0.384. The molecule has 0 spiro atoms. The molecule has 1 N–H and O–H groups in total. The summed E-state index contributed by atoms with van der Waals surface area (Å²) in [5.74, 6) is 0.859. The molecule has 1 unspecified atom stereocenters. The van der Waals surface area contributed by atoms with E-state index in [1.165, 1.54) is 6.20 Å². The van der Waals surface area contributed by atoms with Gasteiger partial charge in [0.05, 0.1) is 4.92 Å². The largest absolute Gasteiger partial charge is 0.354 e. The molecule has 0 radical (unpaired) electrons. The average Bonchev–Trinajstić information content (AvgIpc) is 2.47. The standard InChI is InChI=1S/C13H22N6O2/c1-4-5-14-13-15-8-11(19(20)21)12(16-13)18-7-6-17(3)10(2)9-18/h8,10H,4-7,9H2,1-3H3,(H,14,15,16). The Morgan fingerprint density at radius 3 is 2.90 bits per heavy atom. The molecule has 0 aliphatic carbocycles. The third-order valence-corrected chi connectivity index (χ3v) is 3.74. The molecule has 0 bridgehead atoms. The van der Waals surface area contributed by atoms with Gasteiger partial charge in [-0.25, -0.2) is 4.98 Å². The van der Waals surface area contributed by atoms with Crippen molar-refractivity contribution in [1.29, 1.82) is 0 Å². The summed E-state index contributed by atoms with van der Waals surface area (Å²) < 4.78 is 0. The van der Waals surface area contributed by atoms with E-state index in [2.05, 4.69) is 34.2 Å². The van der Waals surface area contributed by atoms with Gasteiger partial charge >= 0.3 is 5.69 Å². The maximum atomic E-state index is 11.2. The number of nitro groups is 1. The van der Waals surface area contributed by atoms with Crippen LogP contribution in [0.5, 0.6) is 0 Å². The third kappa shape index (κ3) is 3.57. The van der Waals surface area contributed by atoms with Crippen LogP contribution in [0.3, 0.4) is 0 Å². The van der Waals surface area contributed by atoms with Crippen LogP contribution in [0.15, 0.2) is 6.20 Å². The van der Waals surface area contributed by atoms with Crippen molar-refractivity contribution < 1.29 is 4.92 Å². The Hall–Kier alpha value is -1.96. The van der Waals surface area contributed by atoms with Crippen LogP contribution in [0.4, 0.5) is 17.5 Å². The number of hydrogen-bond acceptors (Lipinski definition) is 7. The molecule has 8 heteroatoms. The van der Waals surface area contributed by atoms with E-state index in [1.54, 1.807) is 0 Å². The van der Waals surface area contributed by atoms with E-state index >= 15 is 0 Å². The second-order valence-corrected chi connectivity index (χ2v) is 5.36. The molecule has 0 amide bonds. The van der Waals surface area contributed by atoms with Crippen molar-refractivity contribution in [2.45, 2.75) is 26.3 Å². The first kappa shape index (κ1) is 15.4. The zero-order valence-corrected chi connectivity index (χ0v) is 12.7. The van der Waals surface area contributed by atoms with E-state index in [4.69, 9.17) is 0 Å². The Kier molecular flexibility index (Phi) is 4.89. The smallest absolute Gasteiger partial charge is 0.329 e. The van der Waals surface area contributed by atoms with Crippen molar-refractivity contribution in [2.75, 3.05) is 43.4 Å². The fourth-order valence-electron chi connectivity index (χ4n) is 2.29. The SMILES string of the molecule is CCCNc1ncc([N+](=O)[O-])c(N2CCN(C)C(C)C2)n1. The van der Waals surface area contributed by atoms with Crippen LogP contribution in [0.25, 0.3) is 0 Å². The van der Waals surface area contributed by atoms with Crippen LogP contribution < -0.4 is 10.2 Å². The summed E-state index contributed by atoms with van der Waals surface area (Å²) >= 11 is 0. The van der Waals surface area contributed by atoms with Gasteiger partial charge in [-0.15, -0.1) is 0 Å². The van der Waals surface area contributed by atoms with Gasteiger partial charge in [-0.3, -0.25) is 10.1 Å². The number of hydrogen-bond donors (Lipinski definition) is 1. The molecule has 21 heavy (non-hydrogen) atoms. The van der Waals surface area contributed by atoms with Gasteiger partial charge in [-0.05, 0) is 20.4 Å². The van der Waals surface area contributed by atoms with Gasteiger partial charge in [0.15, 0.2) is 0 Å². The van der Waals surface area contributed by atoms with Gasteiger partial charge in [-0.1, -0.05) is 6.92 Å². The van der Waals surface area contributed by atoms with Gasteiger partial charge in [0.2, 0.25) is 11.8 Å². The Labute approximate surface area is 124 Å². The highest BCUT2D eigenvalue weighted by Crippen LogP contribution is 2.27. The van der Waals surface area contributed by atoms with Crippen molar-refractivity contribution in [3.05, 3.63) is 16.3 Å². The molecule has 116 valence electrons. The van der Waals surface area contributed by atoms with Gasteiger partial charge in [-0.2, -0.15) is 4.98 Å². The quantitative estimate of drug-likeness (QED) is 0.647. The van der Waals surface area contributed by atoms with Crippen LogP contribution in [0.1, 0.15) is 20.3 Å². The van der Waals surface area contributed by atoms with Crippen molar-refractivity contribution in [3.63, 3.8) is 0 Å². The van der Waals surface area contributed by atoms with Crippen molar-refractivity contribution >= 4 is 17.5 Å². The summed E-state index contributed by atoms with van der Waals surface area (Å²) in [4.78, 5) is 23.4. The van der Waals surface area contributed by atoms with Crippen LogP contribution in [0, 0.1) is 10.1 Å². The molecule has 1 aromatic heterocycles. The van der Waals surface area contributed by atoms with Gasteiger partial charge in [0.25, 0.3) is 0 Å². The normalized spacial score (nSPS) is 19.6. The number of nitrogens with zero attached hydrogens (tertiary/aromatic N) is 5. The summed E-state index contributed by atoms with van der Waals surface area (Å²) in [5, 5.41) is 14.3. The van der Waals surface area contributed by atoms with Crippen LogP contribution in [-0.2, 0) is 0 Å². The maximum absolute atomic E-state index is 11.2. The lowest BCUT2D eigenvalue weighted by Crippen LogP contribution is -2.50. The minimum Gasteiger partial charge on any atom is -0.354 e. The molecule has 1 saturated heterocycles. The van der Waals surface area contributed by atoms with Gasteiger partial charge < -0.3 is 15.1 Å². The summed E-state index contributed by atoms with van der Waals surface area (Å²) in [6.45, 7) is 7.21. The predicted molar refractivity (Wildman–Crippen MR) is 81.8 cm³/mol. The van der Waals surface area contributed by atoms with Crippen molar-refractivity contribution in [2.24, 2.45) is 0 Å². The molecule has 1 aromatic rings. The molecule has 0 aromatic carbocycles. The third-order valence-electron chi connectivity index (χ3n) is 3.74. The predicted octanol–water partition coefficient (Wildman–Crippen LogP) is 1.35. The fraction of sp³-hybridized carbons (Fsp3) is 0.692. The molecule has 8 nitrogen and oxygen atoms in total. The second kappa shape index (κ2) is 6.66. The van der Waals surface area contributed by atoms with Crippen molar-refractivity contribution in [1.82, 2.24) is 14.9 Å². The summed E-state index contributed by atoms with van der Waals surface area (Å²) in [5.41, 5.74) is -0.0335. The van der Waals surface area contributed by atoms with Crippen molar-refractivity contribution in [3.8, 4) is 0 Å². The Morgan fingerprint density at radius 1 is 1.52 bits per heavy atom. The summed E-state index contributed by atoms with van der Waals surface area (Å²) in [6, 6.07) is 0.334. The van der Waals surface area contributed by atoms with E-state index in [1.807, 2.05) is 11.8 Å². The molecule has 2 heterocycles. The zero-order chi connectivity index (χ0) is 15.4. The number of likely N-dealkylation sites (N-methyl/N-ethyl adjacent to an activating group) is 1. The molecular weight excluding hydrogens is 272 g/mol. The number of rotatable bonds is 5. The van der Waals surface area contributed by atoms with Gasteiger partial charge in [0, 0.05) is 32.2 Å². The topological polar surface area (TPSA) is 87.4 Å². The maximum Gasteiger partial charge on any atom is 0.329 e. The van der Waals surface area contributed by atoms with E-state index in [0.717, 1.165) is 32.6 Å². The number of piperazine rings is 1. The van der Waals surface area contributed by atoms with E-state index in [-0.39, 0.29) is 5.69 Å². The Bertz CT molecular complexity index is 509. The molecule has 1 aliphatic heterocycles. The number of anilines is 2. The first-order valence-corrected chi connectivity index (χ1v) is 7.23. The number of nitrogens with one attached hydrogen (secondary N) is 1. The minimum absolute atomic E-state index is 0.0335. The first-order valence-electron chi connectivity index (χ1n) is 7.23. The molecule has 1 atom stereocenters. The molecule has 0 saturated carbocycles. The van der Waals surface area contributed by atoms with E-state index in [0.29, 0.717) is 17.8 Å². The highest BCUT2D eigenvalue weighted by molar-refractivity contribution is 5.59. The molecule has 2 rings (SSSR count). The summed E-state index contributed by atoms with van der Waals surface area (Å²) in [6.07, 6.45) is 2.24. The second-order valence-electron chi connectivity index (χ2n) is 5.36. The monoisotopic (exact) mass is 294 g/mol. The Morgan fingerprint density at radius 2 is 2.29 bits per heavy atom. The van der Waals surface area contributed by atoms with E-state index in [9.17, 15) is 10.1 Å². The zero-order valence-electron chi connectivity index (χ0n) is 12.7. The average molecular weight is 294 g/mol. The first-order chi connectivity index (χ1) is 10.0. The number of aromatic nitrogens is 2. The molecule has 1 fully saturated rings. The van der Waals surface area contributed by atoms with Crippen LogP contribution in [0.2, 0.25) is 0 Å². The van der Waals surface area contributed by atoms with Crippen LogP contribution in [-0.4, -0.2) is 59.1 Å². The fourth-order valence-corrected chi connectivity index (χ4v) is 2.29. The Balaban J connectivity index is 2.27.